The van der Waals surface area contributed by atoms with Crippen LogP contribution in [-0.4, -0.2) is 96.7 Å². The van der Waals surface area contributed by atoms with E-state index in [1.165, 1.54) is 167 Å². The summed E-state index contributed by atoms with van der Waals surface area (Å²) in [5, 5.41) is 10.6. The first-order chi connectivity index (χ1) is 45.4. The van der Waals surface area contributed by atoms with Crippen molar-refractivity contribution in [2.24, 2.45) is 11.8 Å². The van der Waals surface area contributed by atoms with Crippen molar-refractivity contribution in [2.45, 2.75) is 381 Å². The average Bonchev–Trinajstić information content (AvgIpc) is 1.59. The summed E-state index contributed by atoms with van der Waals surface area (Å²) in [6.45, 7) is 9.53. The third kappa shape index (κ3) is 66.8. The topological polar surface area (TPSA) is 237 Å². The lowest BCUT2D eigenvalue weighted by Crippen LogP contribution is -2.30. The van der Waals surface area contributed by atoms with E-state index in [1.807, 2.05) is 0 Å². The van der Waals surface area contributed by atoms with Crippen molar-refractivity contribution < 1.29 is 80.2 Å². The van der Waals surface area contributed by atoms with Crippen molar-refractivity contribution in [3.63, 3.8) is 0 Å². The molecular weight excluding hydrogens is 1230 g/mol. The first-order valence-electron chi connectivity index (χ1n) is 38.3. The van der Waals surface area contributed by atoms with Crippen LogP contribution < -0.4 is 0 Å². The zero-order valence-corrected chi connectivity index (χ0v) is 62.5. The molecule has 0 bridgehead atoms. The standard InChI is InChI=1S/C75H142O17P2/c1-7-10-12-14-16-18-20-22-23-25-27-35-42-48-54-60-75(80)91-70(63-85-72(77)57-51-45-39-33-29-28-32-38-44-50-56-68(6)9-3)65-89-93(81,82)87-61-69(76)62-88-94(83,84)90-66-71(64-86-73(78)58-52-46-40-36-30-31-37-43-49-55-67(4)5)92-74(79)59-53-47-41-34-26-24-21-19-17-15-13-11-8-2/h18,20,22-23,67-71,76H,7-17,19,21,24-66H2,1-6H3,(H,81,82)(H,83,84)/b20-18-,23-22-/t68?,69-,70-,71-/m1/s1. The van der Waals surface area contributed by atoms with Gasteiger partial charge in [0, 0.05) is 25.7 Å². The van der Waals surface area contributed by atoms with Crippen molar-refractivity contribution >= 4 is 39.5 Å². The van der Waals surface area contributed by atoms with Crippen LogP contribution in [0.5, 0.6) is 0 Å². The molecule has 0 saturated carbocycles. The van der Waals surface area contributed by atoms with Crippen molar-refractivity contribution in [3.05, 3.63) is 24.3 Å². The second-order valence-corrected chi connectivity index (χ2v) is 30.0. The Balaban J connectivity index is 5.31. The van der Waals surface area contributed by atoms with E-state index < -0.39 is 97.5 Å². The van der Waals surface area contributed by atoms with Gasteiger partial charge in [0.2, 0.25) is 0 Å². The van der Waals surface area contributed by atoms with Crippen LogP contribution in [0.25, 0.3) is 0 Å². The number of esters is 4. The van der Waals surface area contributed by atoms with E-state index in [2.05, 4.69) is 65.8 Å². The molecule has 0 heterocycles. The quantitative estimate of drug-likeness (QED) is 0.0169. The first kappa shape index (κ1) is 91.5. The molecule has 0 aromatic rings. The minimum absolute atomic E-state index is 0.0848. The average molecular weight is 1380 g/mol. The molecule has 94 heavy (non-hydrogen) atoms. The van der Waals surface area contributed by atoms with Crippen LogP contribution in [-0.2, 0) is 65.4 Å². The van der Waals surface area contributed by atoms with Gasteiger partial charge in [0.05, 0.1) is 26.4 Å². The molecule has 0 amide bonds. The number of carbonyl (C=O) groups is 4. The van der Waals surface area contributed by atoms with Crippen LogP contribution in [0.15, 0.2) is 24.3 Å². The molecule has 19 heteroatoms. The number of phosphoric ester groups is 2. The fourth-order valence-corrected chi connectivity index (χ4v) is 12.5. The summed E-state index contributed by atoms with van der Waals surface area (Å²) in [5.74, 6) is -0.597. The first-order valence-corrected chi connectivity index (χ1v) is 41.3. The van der Waals surface area contributed by atoms with Gasteiger partial charge in [-0.05, 0) is 63.2 Å². The number of hydrogen-bond donors (Lipinski definition) is 3. The van der Waals surface area contributed by atoms with Gasteiger partial charge >= 0.3 is 39.5 Å². The van der Waals surface area contributed by atoms with Gasteiger partial charge in [0.1, 0.15) is 19.3 Å². The molecule has 0 rings (SSSR count). The molecule has 0 radical (unpaired) electrons. The second-order valence-electron chi connectivity index (χ2n) is 27.1. The number of hydrogen-bond acceptors (Lipinski definition) is 15. The summed E-state index contributed by atoms with van der Waals surface area (Å²) in [4.78, 5) is 72.8. The number of rotatable bonds is 72. The third-order valence-electron chi connectivity index (χ3n) is 17.2. The van der Waals surface area contributed by atoms with Crippen LogP contribution in [0.2, 0.25) is 0 Å². The fourth-order valence-electron chi connectivity index (χ4n) is 10.9. The summed E-state index contributed by atoms with van der Waals surface area (Å²) in [5.41, 5.74) is 0. The van der Waals surface area contributed by atoms with Gasteiger partial charge in [0.15, 0.2) is 12.2 Å². The minimum atomic E-state index is -4.96. The molecule has 0 aromatic heterocycles. The monoisotopic (exact) mass is 1380 g/mol. The molecule has 0 aromatic carbocycles. The predicted molar refractivity (Wildman–Crippen MR) is 381 cm³/mol. The number of allylic oxidation sites excluding steroid dienone is 4. The molecule has 17 nitrogen and oxygen atoms in total. The van der Waals surface area contributed by atoms with E-state index in [-0.39, 0.29) is 25.7 Å². The number of phosphoric acid groups is 2. The van der Waals surface area contributed by atoms with E-state index in [1.54, 1.807) is 0 Å². The van der Waals surface area contributed by atoms with Gasteiger partial charge < -0.3 is 33.8 Å². The largest absolute Gasteiger partial charge is 0.472 e. The smallest absolute Gasteiger partial charge is 0.462 e. The Labute approximate surface area is 573 Å². The van der Waals surface area contributed by atoms with Crippen molar-refractivity contribution in [3.8, 4) is 0 Å². The van der Waals surface area contributed by atoms with Crippen molar-refractivity contribution in [1.29, 1.82) is 0 Å². The highest BCUT2D eigenvalue weighted by Gasteiger charge is 2.30. The fraction of sp³-hybridized carbons (Fsp3) is 0.893. The van der Waals surface area contributed by atoms with E-state index in [9.17, 15) is 43.2 Å². The molecular formula is C75H142O17P2. The highest BCUT2D eigenvalue weighted by atomic mass is 31.2. The summed E-state index contributed by atoms with van der Waals surface area (Å²) in [6.07, 6.45) is 56.1. The Morgan fingerprint density at radius 2 is 0.628 bits per heavy atom. The maximum absolute atomic E-state index is 13.1. The SMILES string of the molecule is CCCCCC/C=C\C=C/CCCCCCCC(=O)O[C@H](COC(=O)CCCCCCCCCCCCC(C)CC)COP(=O)(O)OC[C@@H](O)COP(=O)(O)OC[C@@H](COC(=O)CCCCCCCCCCCC(C)C)OC(=O)CCCCCCCCCCCCCCC. The Morgan fingerprint density at radius 3 is 0.957 bits per heavy atom. The number of ether oxygens (including phenoxy) is 4. The van der Waals surface area contributed by atoms with Gasteiger partial charge in [-0.25, -0.2) is 9.13 Å². The van der Waals surface area contributed by atoms with Crippen LogP contribution in [0, 0.1) is 11.8 Å². The maximum atomic E-state index is 13.1. The van der Waals surface area contributed by atoms with E-state index >= 15 is 0 Å². The van der Waals surface area contributed by atoms with E-state index in [4.69, 9.17) is 37.0 Å². The normalized spacial score (nSPS) is 14.5. The number of aliphatic hydroxyl groups excluding tert-OH is 1. The van der Waals surface area contributed by atoms with Crippen LogP contribution in [0.3, 0.4) is 0 Å². The summed E-state index contributed by atoms with van der Waals surface area (Å²) < 4.78 is 68.5. The highest BCUT2D eigenvalue weighted by molar-refractivity contribution is 7.47. The van der Waals surface area contributed by atoms with Gasteiger partial charge in [-0.3, -0.25) is 37.3 Å². The lowest BCUT2D eigenvalue weighted by molar-refractivity contribution is -0.161. The van der Waals surface area contributed by atoms with E-state index in [0.29, 0.717) is 25.7 Å². The molecule has 6 atom stereocenters. The van der Waals surface area contributed by atoms with Crippen molar-refractivity contribution in [2.75, 3.05) is 39.6 Å². The molecule has 0 fully saturated rings. The van der Waals surface area contributed by atoms with Crippen molar-refractivity contribution in [1.82, 2.24) is 0 Å². The van der Waals surface area contributed by atoms with Crippen LogP contribution in [0.1, 0.15) is 363 Å². The summed E-state index contributed by atoms with van der Waals surface area (Å²) in [7, 11) is -9.92. The highest BCUT2D eigenvalue weighted by Crippen LogP contribution is 2.45. The Bertz CT molecular complexity index is 1920. The van der Waals surface area contributed by atoms with Crippen LogP contribution >= 0.6 is 15.6 Å². The summed E-state index contributed by atoms with van der Waals surface area (Å²) in [6, 6.07) is 0. The molecule has 0 saturated heterocycles. The molecule has 0 spiro atoms. The zero-order valence-electron chi connectivity index (χ0n) is 60.7. The maximum Gasteiger partial charge on any atom is 0.472 e. The van der Waals surface area contributed by atoms with Gasteiger partial charge in [0.25, 0.3) is 0 Å². The lowest BCUT2D eigenvalue weighted by Gasteiger charge is -2.21. The molecule has 0 aliphatic rings. The lowest BCUT2D eigenvalue weighted by atomic mass is 9.99. The van der Waals surface area contributed by atoms with Gasteiger partial charge in [-0.2, -0.15) is 0 Å². The Kier molecular flexibility index (Phi) is 64.7. The third-order valence-corrected chi connectivity index (χ3v) is 19.1. The van der Waals surface area contributed by atoms with E-state index in [0.717, 1.165) is 115 Å². The molecule has 0 aliphatic carbocycles. The Morgan fingerprint density at radius 1 is 0.351 bits per heavy atom. The molecule has 0 aliphatic heterocycles. The number of aliphatic hydroxyl groups is 1. The molecule has 554 valence electrons. The Hall–Kier alpha value is -2.46. The predicted octanol–water partition coefficient (Wildman–Crippen LogP) is 21.5. The molecule has 3 N–H and O–H groups in total. The second kappa shape index (κ2) is 66.4. The zero-order chi connectivity index (χ0) is 69.3. The number of carbonyl (C=O) groups excluding carboxylic acids is 4. The van der Waals surface area contributed by atoms with Gasteiger partial charge in [-0.1, -0.05) is 310 Å². The number of unbranched alkanes of at least 4 members (excludes halogenated alkanes) is 38. The van der Waals surface area contributed by atoms with Gasteiger partial charge in [-0.15, -0.1) is 0 Å². The van der Waals surface area contributed by atoms with Crippen LogP contribution in [0.4, 0.5) is 0 Å². The summed E-state index contributed by atoms with van der Waals surface area (Å²) >= 11 is 0. The minimum Gasteiger partial charge on any atom is -0.462 e. The molecule has 3 unspecified atom stereocenters.